The highest BCUT2D eigenvalue weighted by molar-refractivity contribution is 9.11. The molecule has 0 saturated carbocycles. The quantitative estimate of drug-likeness (QED) is 0.276. The van der Waals surface area contributed by atoms with Gasteiger partial charge in [-0.15, -0.1) is 11.3 Å². The van der Waals surface area contributed by atoms with Gasteiger partial charge in [0.25, 0.3) is 0 Å². The van der Waals surface area contributed by atoms with Crippen molar-refractivity contribution >= 4 is 59.4 Å². The molecule has 0 N–H and O–H groups in total. The maximum Gasteiger partial charge on any atom is 0.142 e. The van der Waals surface area contributed by atoms with Crippen LogP contribution in [0, 0.1) is 0 Å². The van der Waals surface area contributed by atoms with Gasteiger partial charge in [-0.2, -0.15) is 0 Å². The van der Waals surface area contributed by atoms with E-state index in [1.807, 2.05) is 18.3 Å². The number of hydrogen-bond donors (Lipinski definition) is 0. The Labute approximate surface area is 179 Å². The van der Waals surface area contributed by atoms with Gasteiger partial charge >= 0.3 is 0 Å². The van der Waals surface area contributed by atoms with Crippen molar-refractivity contribution in [3.8, 4) is 16.9 Å². The maximum atomic E-state index is 4.91. The van der Waals surface area contributed by atoms with Crippen LogP contribution in [0.1, 0.15) is 0 Å². The molecule has 138 valence electrons. The lowest BCUT2D eigenvalue weighted by Crippen LogP contribution is -1.93. The Bertz CT molecular complexity index is 1520. The van der Waals surface area contributed by atoms with E-state index in [0.717, 1.165) is 31.1 Å². The predicted octanol–water partition coefficient (Wildman–Crippen LogP) is 7.22. The SMILES string of the molecule is Brc1cc2nc(-c3cccc4c3c3ccccc3n4-c3ccccc3)cnc2s1. The van der Waals surface area contributed by atoms with Crippen LogP contribution in [0.15, 0.2) is 88.8 Å². The number of para-hydroxylation sites is 2. The molecule has 0 atom stereocenters. The minimum absolute atomic E-state index is 0.893. The van der Waals surface area contributed by atoms with Crippen LogP contribution in [0.25, 0.3) is 49.1 Å². The van der Waals surface area contributed by atoms with Crippen molar-refractivity contribution in [1.29, 1.82) is 0 Å². The van der Waals surface area contributed by atoms with Gasteiger partial charge in [-0.1, -0.05) is 48.5 Å². The van der Waals surface area contributed by atoms with Gasteiger partial charge in [-0.05, 0) is 46.3 Å². The molecule has 0 amide bonds. The van der Waals surface area contributed by atoms with Crippen LogP contribution in [-0.2, 0) is 0 Å². The fourth-order valence-corrected chi connectivity index (χ4v) is 5.36. The molecule has 5 heteroatoms. The van der Waals surface area contributed by atoms with Crippen molar-refractivity contribution in [3.05, 3.63) is 88.8 Å². The average molecular weight is 456 g/mol. The molecule has 3 aromatic carbocycles. The van der Waals surface area contributed by atoms with Gasteiger partial charge in [-0.25, -0.2) is 9.97 Å². The van der Waals surface area contributed by atoms with Gasteiger partial charge in [0.05, 0.1) is 26.7 Å². The summed E-state index contributed by atoms with van der Waals surface area (Å²) < 4.78 is 3.37. The standard InChI is InChI=1S/C24H14BrN3S/c25-22-13-18-24(29-22)26-14-19(27-18)16-10-6-12-21-23(16)17-9-4-5-11-20(17)28(21)15-7-2-1-3-8-15/h1-14H. The van der Waals surface area contributed by atoms with Gasteiger partial charge in [0, 0.05) is 22.0 Å². The zero-order chi connectivity index (χ0) is 19.4. The molecule has 3 nitrogen and oxygen atoms in total. The normalized spacial score (nSPS) is 11.6. The molecule has 0 aliphatic carbocycles. The van der Waals surface area contributed by atoms with Gasteiger partial charge in [0.1, 0.15) is 10.3 Å². The second kappa shape index (κ2) is 6.51. The molecular formula is C24H14BrN3S. The summed E-state index contributed by atoms with van der Waals surface area (Å²) in [5, 5.41) is 2.42. The lowest BCUT2D eigenvalue weighted by Gasteiger charge is -2.08. The summed E-state index contributed by atoms with van der Waals surface area (Å²) in [6.07, 6.45) is 1.88. The van der Waals surface area contributed by atoms with Gasteiger partial charge in [0.15, 0.2) is 0 Å². The van der Waals surface area contributed by atoms with E-state index in [1.54, 1.807) is 11.3 Å². The minimum Gasteiger partial charge on any atom is -0.309 e. The van der Waals surface area contributed by atoms with Gasteiger partial charge < -0.3 is 4.57 Å². The van der Waals surface area contributed by atoms with Crippen LogP contribution in [0.4, 0.5) is 0 Å². The number of benzene rings is 3. The van der Waals surface area contributed by atoms with Crippen LogP contribution >= 0.6 is 27.3 Å². The smallest absolute Gasteiger partial charge is 0.142 e. The molecule has 0 fully saturated rings. The molecule has 0 spiro atoms. The summed E-state index contributed by atoms with van der Waals surface area (Å²) in [6.45, 7) is 0. The van der Waals surface area contributed by atoms with Crippen LogP contribution in [-0.4, -0.2) is 14.5 Å². The third kappa shape index (κ3) is 2.62. The highest BCUT2D eigenvalue weighted by Crippen LogP contribution is 2.38. The van der Waals surface area contributed by atoms with Crippen molar-refractivity contribution < 1.29 is 0 Å². The predicted molar refractivity (Wildman–Crippen MR) is 125 cm³/mol. The summed E-state index contributed by atoms with van der Waals surface area (Å²) >= 11 is 5.14. The Morgan fingerprint density at radius 1 is 0.828 bits per heavy atom. The van der Waals surface area contributed by atoms with E-state index in [0.29, 0.717) is 0 Å². The fraction of sp³-hybridized carbons (Fsp3) is 0. The number of rotatable bonds is 2. The molecule has 6 aromatic rings. The zero-order valence-electron chi connectivity index (χ0n) is 15.2. The van der Waals surface area contributed by atoms with E-state index in [1.165, 1.54) is 21.8 Å². The molecule has 0 bridgehead atoms. The van der Waals surface area contributed by atoms with Crippen LogP contribution in [0.5, 0.6) is 0 Å². The summed E-state index contributed by atoms with van der Waals surface area (Å²) in [7, 11) is 0. The Balaban J connectivity index is 1.72. The molecule has 0 aliphatic rings. The third-order valence-electron chi connectivity index (χ3n) is 5.20. The first kappa shape index (κ1) is 16.9. The minimum atomic E-state index is 0.893. The molecule has 3 aromatic heterocycles. The van der Waals surface area contributed by atoms with Crippen molar-refractivity contribution in [2.45, 2.75) is 0 Å². The summed E-state index contributed by atoms with van der Waals surface area (Å²) in [5.41, 5.74) is 6.42. The van der Waals surface area contributed by atoms with Crippen LogP contribution < -0.4 is 0 Å². The number of nitrogens with zero attached hydrogens (tertiary/aromatic N) is 3. The van der Waals surface area contributed by atoms with E-state index < -0.39 is 0 Å². The molecule has 3 heterocycles. The summed E-state index contributed by atoms with van der Waals surface area (Å²) in [6, 6.07) is 27.5. The average Bonchev–Trinajstić information content (AvgIpc) is 3.30. The Morgan fingerprint density at radius 3 is 2.52 bits per heavy atom. The van der Waals surface area contributed by atoms with E-state index >= 15 is 0 Å². The Morgan fingerprint density at radius 2 is 1.62 bits per heavy atom. The monoisotopic (exact) mass is 455 g/mol. The molecule has 0 radical (unpaired) electrons. The number of hydrogen-bond acceptors (Lipinski definition) is 3. The van der Waals surface area contributed by atoms with Gasteiger partial charge in [-0.3, -0.25) is 0 Å². The Hall–Kier alpha value is -3.02. The van der Waals surface area contributed by atoms with Crippen molar-refractivity contribution in [2.24, 2.45) is 0 Å². The van der Waals surface area contributed by atoms with Crippen molar-refractivity contribution in [1.82, 2.24) is 14.5 Å². The lowest BCUT2D eigenvalue weighted by atomic mass is 10.0. The number of aromatic nitrogens is 3. The topological polar surface area (TPSA) is 30.7 Å². The van der Waals surface area contributed by atoms with Crippen molar-refractivity contribution in [3.63, 3.8) is 0 Å². The largest absolute Gasteiger partial charge is 0.309 e. The Kier molecular flexibility index (Phi) is 3.79. The lowest BCUT2D eigenvalue weighted by molar-refractivity contribution is 1.18. The van der Waals surface area contributed by atoms with Crippen LogP contribution in [0.3, 0.4) is 0 Å². The zero-order valence-corrected chi connectivity index (χ0v) is 17.6. The van der Waals surface area contributed by atoms with Crippen LogP contribution in [0.2, 0.25) is 0 Å². The number of fused-ring (bicyclic) bond motifs is 4. The molecule has 6 rings (SSSR count). The highest BCUT2D eigenvalue weighted by atomic mass is 79.9. The van der Waals surface area contributed by atoms with Gasteiger partial charge in [0.2, 0.25) is 0 Å². The first-order valence-corrected chi connectivity index (χ1v) is 10.9. The van der Waals surface area contributed by atoms with E-state index in [4.69, 9.17) is 4.98 Å². The second-order valence-corrected chi connectivity index (χ2v) is 9.29. The second-order valence-electron chi connectivity index (χ2n) is 6.88. The summed E-state index contributed by atoms with van der Waals surface area (Å²) in [5.74, 6) is 0. The molecular weight excluding hydrogens is 442 g/mol. The summed E-state index contributed by atoms with van der Waals surface area (Å²) in [4.78, 5) is 10.5. The number of thiophene rings is 1. The first-order chi connectivity index (χ1) is 14.3. The van der Waals surface area contributed by atoms with E-state index in [2.05, 4.69) is 92.2 Å². The van der Waals surface area contributed by atoms with Crippen molar-refractivity contribution in [2.75, 3.05) is 0 Å². The highest BCUT2D eigenvalue weighted by Gasteiger charge is 2.17. The molecule has 0 aliphatic heterocycles. The van der Waals surface area contributed by atoms with E-state index in [-0.39, 0.29) is 0 Å². The molecule has 0 saturated heterocycles. The third-order valence-corrected chi connectivity index (χ3v) is 6.73. The maximum absolute atomic E-state index is 4.91. The fourth-order valence-electron chi connectivity index (χ4n) is 4.01. The van der Waals surface area contributed by atoms with E-state index in [9.17, 15) is 0 Å². The molecule has 0 unspecified atom stereocenters. The first-order valence-electron chi connectivity index (χ1n) is 9.30. The number of halogens is 1. The molecule has 29 heavy (non-hydrogen) atoms.